The first-order valence-electron chi connectivity index (χ1n) is 11.7. The summed E-state index contributed by atoms with van der Waals surface area (Å²) in [5.41, 5.74) is 4.68. The summed E-state index contributed by atoms with van der Waals surface area (Å²) in [5.74, 6) is -0.211. The van der Waals surface area contributed by atoms with Gasteiger partial charge in [-0.2, -0.15) is 0 Å². The maximum atomic E-state index is 13.8. The predicted molar refractivity (Wildman–Crippen MR) is 134 cm³/mol. The smallest absolute Gasteiger partial charge is 0.308 e. The molecule has 0 bridgehead atoms. The quantitative estimate of drug-likeness (QED) is 0.406. The second-order valence-corrected chi connectivity index (χ2v) is 8.93. The van der Waals surface area contributed by atoms with Gasteiger partial charge in [-0.1, -0.05) is 54.6 Å². The highest BCUT2D eigenvalue weighted by Gasteiger charge is 2.40. The first-order chi connectivity index (χ1) is 16.9. The number of hydrogen-bond donors (Lipinski definition) is 1. The third-order valence-electron chi connectivity index (χ3n) is 6.53. The summed E-state index contributed by atoms with van der Waals surface area (Å²) >= 11 is 0. The molecule has 3 aromatic carbocycles. The highest BCUT2D eigenvalue weighted by atomic mass is 16.5. The van der Waals surface area contributed by atoms with Gasteiger partial charge in [-0.15, -0.1) is 0 Å². The lowest BCUT2D eigenvalue weighted by molar-refractivity contribution is -0.132. The Morgan fingerprint density at radius 1 is 0.886 bits per heavy atom. The number of rotatable bonds is 3. The van der Waals surface area contributed by atoms with Crippen molar-refractivity contribution in [3.63, 3.8) is 0 Å². The topological polar surface area (TPSA) is 75.7 Å². The molecule has 0 aromatic heterocycles. The summed E-state index contributed by atoms with van der Waals surface area (Å²) in [7, 11) is 0. The number of allylic oxidation sites excluding steroid dienone is 1. The van der Waals surface area contributed by atoms with Gasteiger partial charge in [-0.25, -0.2) is 0 Å². The van der Waals surface area contributed by atoms with E-state index in [4.69, 9.17) is 4.74 Å². The van der Waals surface area contributed by atoms with Gasteiger partial charge in [0, 0.05) is 31.5 Å². The highest BCUT2D eigenvalue weighted by molar-refractivity contribution is 6.06. The van der Waals surface area contributed by atoms with Gasteiger partial charge in [0.05, 0.1) is 17.4 Å². The number of nitrogens with one attached hydrogen (secondary N) is 1. The van der Waals surface area contributed by atoms with Crippen LogP contribution < -0.4 is 15.0 Å². The number of para-hydroxylation sites is 2. The number of benzene rings is 3. The summed E-state index contributed by atoms with van der Waals surface area (Å²) < 4.78 is 5.32. The van der Waals surface area contributed by atoms with Crippen molar-refractivity contribution in [1.29, 1.82) is 0 Å². The lowest BCUT2D eigenvalue weighted by Gasteiger charge is -2.34. The van der Waals surface area contributed by atoms with Crippen LogP contribution in [0.4, 0.5) is 11.4 Å². The Labute approximate surface area is 204 Å². The van der Waals surface area contributed by atoms with Crippen molar-refractivity contribution in [2.24, 2.45) is 0 Å². The molecule has 1 heterocycles. The van der Waals surface area contributed by atoms with E-state index in [-0.39, 0.29) is 17.6 Å². The Bertz CT molecular complexity index is 1350. The van der Waals surface area contributed by atoms with Crippen molar-refractivity contribution < 1.29 is 19.1 Å². The predicted octanol–water partition coefficient (Wildman–Crippen LogP) is 5.53. The number of carbonyl (C=O) groups excluding carboxylic acids is 3. The molecule has 0 radical (unpaired) electrons. The van der Waals surface area contributed by atoms with E-state index in [1.54, 1.807) is 23.1 Å². The molecule has 0 fully saturated rings. The lowest BCUT2D eigenvalue weighted by atomic mass is 9.78. The standard InChI is InChI=1S/C29H26N2O4/c1-18(32)31-26-14-7-6-13-24(26)30-25-16-22(20-9-4-3-5-10-20)17-27(34)28(25)29(31)21-11-8-12-23(15-21)35-19(2)33/h3-15,22,29-30H,16-17H2,1-2H3/t22-,29+/m0/s1. The number of hydrogen-bond acceptors (Lipinski definition) is 5. The zero-order valence-electron chi connectivity index (χ0n) is 19.7. The summed E-state index contributed by atoms with van der Waals surface area (Å²) in [5, 5.41) is 3.50. The van der Waals surface area contributed by atoms with Gasteiger partial charge in [0.2, 0.25) is 5.91 Å². The normalized spacial score (nSPS) is 19.3. The Kier molecular flexibility index (Phi) is 5.95. The zero-order chi connectivity index (χ0) is 24.5. The molecule has 5 rings (SSSR count). The molecule has 176 valence electrons. The molecule has 1 aliphatic heterocycles. The van der Waals surface area contributed by atoms with Crippen molar-refractivity contribution in [3.05, 3.63) is 101 Å². The molecular formula is C29H26N2O4. The average molecular weight is 467 g/mol. The van der Waals surface area contributed by atoms with E-state index < -0.39 is 12.0 Å². The molecule has 0 spiro atoms. The van der Waals surface area contributed by atoms with E-state index in [0.29, 0.717) is 35.4 Å². The van der Waals surface area contributed by atoms with Crippen LogP contribution in [0.25, 0.3) is 0 Å². The second-order valence-electron chi connectivity index (χ2n) is 8.93. The molecule has 2 atom stereocenters. The number of anilines is 2. The van der Waals surface area contributed by atoms with Crippen LogP contribution in [0, 0.1) is 0 Å². The summed E-state index contributed by atoms with van der Waals surface area (Å²) in [6.07, 6.45) is 0.998. The van der Waals surface area contributed by atoms with Crippen LogP contribution in [0.5, 0.6) is 5.75 Å². The van der Waals surface area contributed by atoms with Crippen LogP contribution in [-0.2, 0) is 14.4 Å². The van der Waals surface area contributed by atoms with Gasteiger partial charge in [0.25, 0.3) is 0 Å². The fraction of sp³-hybridized carbons (Fsp3) is 0.207. The van der Waals surface area contributed by atoms with Crippen molar-refractivity contribution >= 4 is 29.0 Å². The minimum absolute atomic E-state index is 0.00505. The highest BCUT2D eigenvalue weighted by Crippen LogP contribution is 2.47. The van der Waals surface area contributed by atoms with E-state index in [1.165, 1.54) is 13.8 Å². The maximum absolute atomic E-state index is 13.8. The minimum Gasteiger partial charge on any atom is -0.427 e. The number of nitrogens with zero attached hydrogens (tertiary/aromatic N) is 1. The maximum Gasteiger partial charge on any atom is 0.308 e. The Morgan fingerprint density at radius 2 is 1.60 bits per heavy atom. The third-order valence-corrected chi connectivity index (χ3v) is 6.53. The number of ether oxygens (including phenoxy) is 1. The summed E-state index contributed by atoms with van der Waals surface area (Å²) in [6, 6.07) is 24.0. The number of ketones is 1. The van der Waals surface area contributed by atoms with Crippen molar-refractivity contribution in [1.82, 2.24) is 0 Å². The van der Waals surface area contributed by atoms with Crippen molar-refractivity contribution in [2.75, 3.05) is 10.2 Å². The Morgan fingerprint density at radius 3 is 2.34 bits per heavy atom. The first-order valence-corrected chi connectivity index (χ1v) is 11.7. The first kappa shape index (κ1) is 22.6. The number of carbonyl (C=O) groups is 3. The molecule has 0 unspecified atom stereocenters. The monoisotopic (exact) mass is 466 g/mol. The molecule has 1 amide bonds. The number of Topliss-reactive ketones (excluding diaryl/α,β-unsaturated/α-hetero) is 1. The Balaban J connectivity index is 1.70. The van der Waals surface area contributed by atoms with Crippen molar-refractivity contribution in [3.8, 4) is 5.75 Å². The van der Waals surface area contributed by atoms with Gasteiger partial charge in [0.1, 0.15) is 5.75 Å². The Hall–Kier alpha value is -4.19. The van der Waals surface area contributed by atoms with Crippen LogP contribution >= 0.6 is 0 Å². The zero-order valence-corrected chi connectivity index (χ0v) is 19.7. The van der Waals surface area contributed by atoms with Crippen LogP contribution in [0.3, 0.4) is 0 Å². The molecule has 1 aliphatic carbocycles. The van der Waals surface area contributed by atoms with Crippen LogP contribution in [0.15, 0.2) is 90.1 Å². The van der Waals surface area contributed by atoms with E-state index in [0.717, 1.165) is 16.9 Å². The fourth-order valence-corrected chi connectivity index (χ4v) is 5.13. The second kappa shape index (κ2) is 9.22. The SMILES string of the molecule is CC(=O)Oc1cccc([C@@H]2C3=C(C[C@H](c4ccccc4)CC3=O)Nc3ccccc3N2C(C)=O)c1. The summed E-state index contributed by atoms with van der Waals surface area (Å²) in [4.78, 5) is 40.2. The molecule has 6 heteroatoms. The van der Waals surface area contributed by atoms with Crippen LogP contribution in [-0.4, -0.2) is 17.7 Å². The van der Waals surface area contributed by atoms with Crippen LogP contribution in [0.1, 0.15) is 49.8 Å². The minimum atomic E-state index is -0.654. The van der Waals surface area contributed by atoms with Gasteiger partial charge < -0.3 is 10.1 Å². The van der Waals surface area contributed by atoms with E-state index in [1.807, 2.05) is 48.5 Å². The lowest BCUT2D eigenvalue weighted by Crippen LogP contribution is -2.37. The molecule has 6 nitrogen and oxygen atoms in total. The van der Waals surface area contributed by atoms with Gasteiger partial charge >= 0.3 is 5.97 Å². The van der Waals surface area contributed by atoms with Crippen molar-refractivity contribution in [2.45, 2.75) is 38.6 Å². The van der Waals surface area contributed by atoms with Gasteiger partial charge in [-0.05, 0) is 47.7 Å². The molecule has 0 saturated heterocycles. The molecule has 2 aliphatic rings. The van der Waals surface area contributed by atoms with Gasteiger partial charge in [0.15, 0.2) is 5.78 Å². The third kappa shape index (κ3) is 4.35. The van der Waals surface area contributed by atoms with E-state index in [9.17, 15) is 14.4 Å². The number of esters is 1. The molecule has 1 N–H and O–H groups in total. The molecular weight excluding hydrogens is 440 g/mol. The van der Waals surface area contributed by atoms with Gasteiger partial charge in [-0.3, -0.25) is 19.3 Å². The largest absolute Gasteiger partial charge is 0.427 e. The van der Waals surface area contributed by atoms with E-state index >= 15 is 0 Å². The molecule has 35 heavy (non-hydrogen) atoms. The molecule has 0 saturated carbocycles. The van der Waals surface area contributed by atoms with E-state index in [2.05, 4.69) is 17.4 Å². The molecule has 3 aromatic rings. The fourth-order valence-electron chi connectivity index (χ4n) is 5.13. The number of amides is 1. The van der Waals surface area contributed by atoms with Crippen LogP contribution in [0.2, 0.25) is 0 Å². The number of fused-ring (bicyclic) bond motifs is 1. The summed E-state index contributed by atoms with van der Waals surface area (Å²) in [6.45, 7) is 2.85. The average Bonchev–Trinajstić information content (AvgIpc) is 2.99.